The molecule has 20 heavy (non-hydrogen) atoms. The van der Waals surface area contributed by atoms with Crippen LogP contribution in [-0.2, 0) is 9.53 Å². The first-order valence-corrected chi connectivity index (χ1v) is 7.74. The van der Waals surface area contributed by atoms with E-state index in [0.717, 1.165) is 34.8 Å². The lowest BCUT2D eigenvalue weighted by atomic mass is 10.1. The highest BCUT2D eigenvalue weighted by Gasteiger charge is 2.26. The Balaban J connectivity index is 1.65. The molecule has 0 radical (unpaired) electrons. The SMILES string of the molecule is CCCC1C=C(CSc2nc3ccccc3[nH]2)OC1=O. The lowest BCUT2D eigenvalue weighted by molar-refractivity contribution is -0.140. The molecule has 1 unspecified atom stereocenters. The van der Waals surface area contributed by atoms with Crippen molar-refractivity contribution in [3.05, 3.63) is 36.1 Å². The molecule has 0 saturated heterocycles. The second-order valence-corrected chi connectivity index (χ2v) is 5.76. The Bertz CT molecular complexity index is 630. The van der Waals surface area contributed by atoms with E-state index in [1.54, 1.807) is 11.8 Å². The fourth-order valence-electron chi connectivity index (χ4n) is 2.26. The van der Waals surface area contributed by atoms with Crippen molar-refractivity contribution in [3.8, 4) is 0 Å². The number of para-hydroxylation sites is 2. The molecular formula is C15H16N2O2S. The first-order chi connectivity index (χ1) is 9.76. The Morgan fingerprint density at radius 2 is 2.25 bits per heavy atom. The molecule has 0 spiro atoms. The average molecular weight is 288 g/mol. The van der Waals surface area contributed by atoms with Gasteiger partial charge in [-0.15, -0.1) is 0 Å². The number of benzene rings is 1. The van der Waals surface area contributed by atoms with E-state index in [-0.39, 0.29) is 11.9 Å². The number of aromatic nitrogens is 2. The maximum absolute atomic E-state index is 11.6. The minimum absolute atomic E-state index is 0.0636. The molecule has 1 aromatic heterocycles. The summed E-state index contributed by atoms with van der Waals surface area (Å²) in [5.41, 5.74) is 1.98. The van der Waals surface area contributed by atoms with Gasteiger partial charge in [-0.25, -0.2) is 4.98 Å². The van der Waals surface area contributed by atoms with E-state index in [0.29, 0.717) is 5.75 Å². The van der Waals surface area contributed by atoms with E-state index >= 15 is 0 Å². The van der Waals surface area contributed by atoms with Crippen LogP contribution in [-0.4, -0.2) is 21.7 Å². The number of rotatable bonds is 5. The van der Waals surface area contributed by atoms with Gasteiger partial charge in [0.05, 0.1) is 22.7 Å². The number of aromatic amines is 1. The van der Waals surface area contributed by atoms with E-state index in [2.05, 4.69) is 16.9 Å². The molecule has 2 heterocycles. The molecule has 1 aliphatic heterocycles. The maximum atomic E-state index is 11.6. The minimum Gasteiger partial charge on any atom is -0.430 e. The summed E-state index contributed by atoms with van der Waals surface area (Å²) < 4.78 is 5.28. The van der Waals surface area contributed by atoms with Crippen molar-refractivity contribution in [2.75, 3.05) is 5.75 Å². The quantitative estimate of drug-likeness (QED) is 0.675. The van der Waals surface area contributed by atoms with E-state index in [1.807, 2.05) is 30.3 Å². The fourth-order valence-corrected chi connectivity index (χ4v) is 3.04. The highest BCUT2D eigenvalue weighted by Crippen LogP contribution is 2.27. The first kappa shape index (κ1) is 13.2. The van der Waals surface area contributed by atoms with Gasteiger partial charge < -0.3 is 9.72 Å². The van der Waals surface area contributed by atoms with Crippen LogP contribution in [0.1, 0.15) is 19.8 Å². The third-order valence-corrected chi connectivity index (χ3v) is 4.14. The Morgan fingerprint density at radius 3 is 3.05 bits per heavy atom. The van der Waals surface area contributed by atoms with Crippen LogP contribution in [0.25, 0.3) is 11.0 Å². The molecule has 0 fully saturated rings. The number of nitrogens with one attached hydrogen (secondary N) is 1. The summed E-state index contributed by atoms with van der Waals surface area (Å²) in [7, 11) is 0. The van der Waals surface area contributed by atoms with E-state index in [1.165, 1.54) is 0 Å². The Labute approximate surface area is 121 Å². The van der Waals surface area contributed by atoms with Gasteiger partial charge in [-0.2, -0.15) is 0 Å². The summed E-state index contributed by atoms with van der Waals surface area (Å²) in [5, 5.41) is 0.849. The van der Waals surface area contributed by atoms with Crippen molar-refractivity contribution in [3.63, 3.8) is 0 Å². The molecule has 1 N–H and O–H groups in total. The molecule has 0 amide bonds. The van der Waals surface area contributed by atoms with Gasteiger partial charge in [-0.1, -0.05) is 37.2 Å². The smallest absolute Gasteiger partial charge is 0.318 e. The zero-order valence-corrected chi connectivity index (χ0v) is 12.1. The summed E-state index contributed by atoms with van der Waals surface area (Å²) >= 11 is 1.55. The summed E-state index contributed by atoms with van der Waals surface area (Å²) in [5.74, 6) is 1.20. The Morgan fingerprint density at radius 1 is 1.40 bits per heavy atom. The van der Waals surface area contributed by atoms with Gasteiger partial charge in [0.25, 0.3) is 0 Å². The topological polar surface area (TPSA) is 55.0 Å². The number of ether oxygens (including phenoxy) is 1. The molecule has 0 aliphatic carbocycles. The van der Waals surface area contributed by atoms with Gasteiger partial charge in [-0.3, -0.25) is 4.79 Å². The number of carbonyl (C=O) groups is 1. The maximum Gasteiger partial charge on any atom is 0.318 e. The molecule has 104 valence electrons. The third kappa shape index (κ3) is 2.72. The summed E-state index contributed by atoms with van der Waals surface area (Å²) in [6.07, 6.45) is 3.79. The van der Waals surface area contributed by atoms with Crippen LogP contribution in [0.5, 0.6) is 0 Å². The second-order valence-electron chi connectivity index (χ2n) is 4.80. The number of esters is 1. The number of nitrogens with zero attached hydrogens (tertiary/aromatic N) is 1. The molecule has 1 atom stereocenters. The molecule has 0 bridgehead atoms. The highest BCUT2D eigenvalue weighted by molar-refractivity contribution is 7.99. The molecule has 5 heteroatoms. The van der Waals surface area contributed by atoms with E-state index in [4.69, 9.17) is 4.74 Å². The Hall–Kier alpha value is -1.75. The number of thioether (sulfide) groups is 1. The number of hydrogen-bond acceptors (Lipinski definition) is 4. The van der Waals surface area contributed by atoms with Crippen molar-refractivity contribution < 1.29 is 9.53 Å². The van der Waals surface area contributed by atoms with Gasteiger partial charge >= 0.3 is 5.97 Å². The van der Waals surface area contributed by atoms with Crippen LogP contribution >= 0.6 is 11.8 Å². The monoisotopic (exact) mass is 288 g/mol. The summed E-state index contributed by atoms with van der Waals surface area (Å²) in [4.78, 5) is 19.4. The van der Waals surface area contributed by atoms with Crippen molar-refractivity contribution in [2.45, 2.75) is 24.9 Å². The fraction of sp³-hybridized carbons (Fsp3) is 0.333. The number of imidazole rings is 1. The largest absolute Gasteiger partial charge is 0.430 e. The molecule has 1 aliphatic rings. The normalized spacial score (nSPS) is 18.4. The molecule has 3 rings (SSSR count). The number of carbonyl (C=O) groups excluding carboxylic acids is 1. The third-order valence-electron chi connectivity index (χ3n) is 3.24. The summed E-state index contributed by atoms with van der Waals surface area (Å²) in [6, 6.07) is 7.92. The molecule has 1 aromatic carbocycles. The predicted octanol–water partition coefficient (Wildman–Crippen LogP) is 3.51. The number of fused-ring (bicyclic) bond motifs is 1. The average Bonchev–Trinajstić information content (AvgIpc) is 3.00. The van der Waals surface area contributed by atoms with Gasteiger partial charge in [0, 0.05) is 0 Å². The first-order valence-electron chi connectivity index (χ1n) is 6.76. The second kappa shape index (κ2) is 5.71. The lowest BCUT2D eigenvalue weighted by Gasteiger charge is -2.01. The Kier molecular flexibility index (Phi) is 3.78. The van der Waals surface area contributed by atoms with Crippen molar-refractivity contribution in [1.82, 2.24) is 9.97 Å². The van der Waals surface area contributed by atoms with Crippen LogP contribution in [0, 0.1) is 5.92 Å². The molecule has 2 aromatic rings. The van der Waals surface area contributed by atoms with E-state index in [9.17, 15) is 4.79 Å². The van der Waals surface area contributed by atoms with Crippen molar-refractivity contribution in [2.24, 2.45) is 5.92 Å². The van der Waals surface area contributed by atoms with Crippen LogP contribution < -0.4 is 0 Å². The van der Waals surface area contributed by atoms with Gasteiger partial charge in [0.2, 0.25) is 0 Å². The van der Waals surface area contributed by atoms with Gasteiger partial charge in [-0.05, 0) is 24.6 Å². The van der Waals surface area contributed by atoms with Crippen LogP contribution in [0.15, 0.2) is 41.3 Å². The van der Waals surface area contributed by atoms with Crippen LogP contribution in [0.2, 0.25) is 0 Å². The molecular weight excluding hydrogens is 272 g/mol. The van der Waals surface area contributed by atoms with Crippen molar-refractivity contribution in [1.29, 1.82) is 0 Å². The molecule has 0 saturated carbocycles. The zero-order valence-electron chi connectivity index (χ0n) is 11.3. The minimum atomic E-state index is -0.118. The van der Waals surface area contributed by atoms with Crippen LogP contribution in [0.4, 0.5) is 0 Å². The zero-order chi connectivity index (χ0) is 13.9. The lowest BCUT2D eigenvalue weighted by Crippen LogP contribution is -2.07. The number of H-pyrrole nitrogens is 1. The van der Waals surface area contributed by atoms with E-state index < -0.39 is 0 Å². The number of hydrogen-bond donors (Lipinski definition) is 1. The molecule has 4 nitrogen and oxygen atoms in total. The van der Waals surface area contributed by atoms with Crippen LogP contribution in [0.3, 0.4) is 0 Å². The predicted molar refractivity (Wildman–Crippen MR) is 79.4 cm³/mol. The summed E-state index contributed by atoms with van der Waals surface area (Å²) in [6.45, 7) is 2.07. The highest BCUT2D eigenvalue weighted by atomic mass is 32.2. The van der Waals surface area contributed by atoms with Crippen molar-refractivity contribution >= 4 is 28.8 Å². The van der Waals surface area contributed by atoms with Gasteiger partial charge in [0.15, 0.2) is 5.16 Å². The van der Waals surface area contributed by atoms with Gasteiger partial charge in [0.1, 0.15) is 5.76 Å². The standard InChI is InChI=1S/C15H16N2O2S/c1-2-5-10-8-11(19-14(10)18)9-20-15-16-12-6-3-4-7-13(12)17-15/h3-4,6-8,10H,2,5,9H2,1H3,(H,16,17). The number of cyclic esters (lactones) is 1.